The first-order valence-electron chi connectivity index (χ1n) is 10.8. The molecule has 0 radical (unpaired) electrons. The van der Waals surface area contributed by atoms with Crippen LogP contribution in [-0.2, 0) is 13.1 Å². The average molecular weight is 477 g/mol. The molecule has 0 spiro atoms. The van der Waals surface area contributed by atoms with Crippen molar-refractivity contribution in [1.29, 1.82) is 0 Å². The molecule has 1 saturated carbocycles. The van der Waals surface area contributed by atoms with Crippen molar-refractivity contribution >= 4 is 16.9 Å². The van der Waals surface area contributed by atoms with E-state index in [4.69, 9.17) is 4.74 Å². The summed E-state index contributed by atoms with van der Waals surface area (Å²) in [5.74, 6) is -0.749. The molecular weight excluding hydrogens is 455 g/mol. The van der Waals surface area contributed by atoms with E-state index < -0.39 is 29.9 Å². The largest absolute Gasteiger partial charge is 0.468 e. The lowest BCUT2D eigenvalue weighted by molar-refractivity contribution is -0.154. The Morgan fingerprint density at radius 2 is 2.09 bits per heavy atom. The van der Waals surface area contributed by atoms with Gasteiger partial charge < -0.3 is 10.1 Å². The lowest BCUT2D eigenvalue weighted by atomic mass is 10.1. The number of nitrogens with one attached hydrogen (secondary N) is 2. The Morgan fingerprint density at radius 3 is 2.76 bits per heavy atom. The van der Waals surface area contributed by atoms with E-state index in [9.17, 15) is 27.6 Å². The van der Waals surface area contributed by atoms with Gasteiger partial charge in [0.1, 0.15) is 0 Å². The predicted octanol–water partition coefficient (Wildman–Crippen LogP) is 2.64. The zero-order chi connectivity index (χ0) is 24.5. The van der Waals surface area contributed by atoms with E-state index in [-0.39, 0.29) is 40.5 Å². The molecule has 0 aliphatic heterocycles. The number of aromatic amines is 1. The number of halogens is 3. The summed E-state index contributed by atoms with van der Waals surface area (Å²) in [5, 5.41) is 2.60. The Bertz CT molecular complexity index is 1350. The van der Waals surface area contributed by atoms with Gasteiger partial charge in [0.25, 0.3) is 11.5 Å². The summed E-state index contributed by atoms with van der Waals surface area (Å²) < 4.78 is 43.7. The second kappa shape index (κ2) is 9.27. The van der Waals surface area contributed by atoms with E-state index in [1.807, 2.05) is 6.92 Å². The maximum atomic E-state index is 13.1. The molecule has 0 bridgehead atoms. The highest BCUT2D eigenvalue weighted by Gasteiger charge is 2.30. The summed E-state index contributed by atoms with van der Waals surface area (Å²) in [5.41, 5.74) is -0.308. The van der Waals surface area contributed by atoms with E-state index in [2.05, 4.69) is 20.3 Å². The number of carbonyl (C=O) groups excluding carboxylic acids is 1. The summed E-state index contributed by atoms with van der Waals surface area (Å²) in [7, 11) is 0. The molecule has 3 aromatic rings. The van der Waals surface area contributed by atoms with Gasteiger partial charge in [-0.3, -0.25) is 19.1 Å². The van der Waals surface area contributed by atoms with Gasteiger partial charge in [-0.1, -0.05) is 13.0 Å². The second-order valence-electron chi connectivity index (χ2n) is 8.03. The van der Waals surface area contributed by atoms with Crippen molar-refractivity contribution in [1.82, 2.24) is 24.8 Å². The lowest BCUT2D eigenvalue weighted by Gasteiger charge is -2.14. The number of nitrogens with zero attached hydrogens (tertiary/aromatic N) is 3. The van der Waals surface area contributed by atoms with Crippen LogP contribution in [-0.4, -0.2) is 38.2 Å². The van der Waals surface area contributed by atoms with Crippen molar-refractivity contribution in [3.05, 3.63) is 62.1 Å². The zero-order valence-corrected chi connectivity index (χ0v) is 18.2. The van der Waals surface area contributed by atoms with Crippen LogP contribution in [0.1, 0.15) is 53.7 Å². The second-order valence-corrected chi connectivity index (χ2v) is 8.03. The van der Waals surface area contributed by atoms with Gasteiger partial charge in [-0.2, -0.15) is 13.2 Å². The molecule has 0 saturated heterocycles. The van der Waals surface area contributed by atoms with Crippen molar-refractivity contribution in [3.63, 3.8) is 0 Å². The average Bonchev–Trinajstić information content (AvgIpc) is 3.63. The highest BCUT2D eigenvalue weighted by molar-refractivity contribution is 6.05. The van der Waals surface area contributed by atoms with Crippen LogP contribution in [0, 0.1) is 0 Å². The maximum Gasteiger partial charge on any atom is 0.422 e. The van der Waals surface area contributed by atoms with Crippen LogP contribution in [0.15, 0.2) is 34.0 Å². The number of hydrogen-bond acceptors (Lipinski definition) is 6. The summed E-state index contributed by atoms with van der Waals surface area (Å²) >= 11 is 0. The minimum Gasteiger partial charge on any atom is -0.468 e. The molecule has 1 fully saturated rings. The van der Waals surface area contributed by atoms with Crippen molar-refractivity contribution in [3.8, 4) is 5.88 Å². The standard InChI is InChI=1S/C22H22F3N5O4/c1-2-8-30-17-16(19(32)29-21(30)33)14(9-15(28-17)12-5-6-12)18(31)27-10-13-4-3-7-26-20(13)34-11-22(23,24)25/h3-4,7,9,12H,2,5-6,8,10-11H2,1H3,(H,27,31)(H,29,32,33). The van der Waals surface area contributed by atoms with Crippen molar-refractivity contribution in [2.24, 2.45) is 0 Å². The molecule has 9 nitrogen and oxygen atoms in total. The van der Waals surface area contributed by atoms with Gasteiger partial charge in [0.2, 0.25) is 5.88 Å². The van der Waals surface area contributed by atoms with Gasteiger partial charge >= 0.3 is 11.9 Å². The Labute approximate surface area is 191 Å². The molecule has 0 atom stereocenters. The number of amides is 1. The molecule has 180 valence electrons. The SMILES string of the molecule is CCCn1c(=O)[nH]c(=O)c2c(C(=O)NCc3cccnc3OCC(F)(F)F)cc(C3CC3)nc21. The number of fused-ring (bicyclic) bond motifs is 1. The molecule has 4 rings (SSSR count). The van der Waals surface area contributed by atoms with Gasteiger partial charge in [-0.05, 0) is 31.4 Å². The molecule has 34 heavy (non-hydrogen) atoms. The molecule has 3 heterocycles. The fourth-order valence-corrected chi connectivity index (χ4v) is 3.60. The first-order valence-corrected chi connectivity index (χ1v) is 10.8. The number of H-pyrrole nitrogens is 1. The van der Waals surface area contributed by atoms with Crippen LogP contribution < -0.4 is 21.3 Å². The maximum absolute atomic E-state index is 13.1. The van der Waals surface area contributed by atoms with Gasteiger partial charge in [0, 0.05) is 36.5 Å². The van der Waals surface area contributed by atoms with E-state index in [0.29, 0.717) is 18.7 Å². The number of aryl methyl sites for hydroxylation is 1. The first kappa shape index (κ1) is 23.5. The number of alkyl halides is 3. The smallest absolute Gasteiger partial charge is 0.422 e. The van der Waals surface area contributed by atoms with Gasteiger partial charge in [0.15, 0.2) is 12.3 Å². The van der Waals surface area contributed by atoms with Crippen LogP contribution in [0.25, 0.3) is 11.0 Å². The third-order valence-corrected chi connectivity index (χ3v) is 5.32. The molecule has 0 aromatic carbocycles. The van der Waals surface area contributed by atoms with Crippen LogP contribution in [0.2, 0.25) is 0 Å². The quantitative estimate of drug-likeness (QED) is 0.515. The Kier molecular flexibility index (Phi) is 6.40. The molecule has 12 heteroatoms. The molecule has 0 unspecified atom stereocenters. The molecule has 1 amide bonds. The third kappa shape index (κ3) is 5.10. The Morgan fingerprint density at radius 1 is 1.32 bits per heavy atom. The molecule has 1 aliphatic carbocycles. The molecule has 3 aromatic heterocycles. The molecule has 2 N–H and O–H groups in total. The third-order valence-electron chi connectivity index (χ3n) is 5.32. The van der Waals surface area contributed by atoms with Crippen molar-refractivity contribution < 1.29 is 22.7 Å². The highest BCUT2D eigenvalue weighted by atomic mass is 19.4. The van der Waals surface area contributed by atoms with E-state index in [1.54, 1.807) is 0 Å². The van der Waals surface area contributed by atoms with Crippen LogP contribution in [0.5, 0.6) is 5.88 Å². The van der Waals surface area contributed by atoms with Crippen molar-refractivity contribution in [2.75, 3.05) is 6.61 Å². The van der Waals surface area contributed by atoms with Crippen LogP contribution in [0.3, 0.4) is 0 Å². The minimum atomic E-state index is -4.54. The normalized spacial score (nSPS) is 13.8. The number of aromatic nitrogens is 4. The van der Waals surface area contributed by atoms with Gasteiger partial charge in [-0.15, -0.1) is 0 Å². The summed E-state index contributed by atoms with van der Waals surface area (Å²) in [4.78, 5) is 48.7. The zero-order valence-electron chi connectivity index (χ0n) is 18.2. The van der Waals surface area contributed by atoms with E-state index >= 15 is 0 Å². The van der Waals surface area contributed by atoms with Crippen LogP contribution in [0.4, 0.5) is 13.2 Å². The Balaban J connectivity index is 1.68. The summed E-state index contributed by atoms with van der Waals surface area (Å²) in [6.45, 7) is 0.474. The topological polar surface area (TPSA) is 119 Å². The predicted molar refractivity (Wildman–Crippen MR) is 116 cm³/mol. The fraction of sp³-hybridized carbons (Fsp3) is 0.409. The van der Waals surface area contributed by atoms with Crippen molar-refractivity contribution in [2.45, 2.75) is 51.4 Å². The summed E-state index contributed by atoms with van der Waals surface area (Å²) in [6, 6.07) is 4.52. The van der Waals surface area contributed by atoms with Gasteiger partial charge in [0.05, 0.1) is 10.9 Å². The highest BCUT2D eigenvalue weighted by Crippen LogP contribution is 2.39. The number of rotatable bonds is 8. The number of pyridine rings is 2. The minimum absolute atomic E-state index is 0.0188. The van der Waals surface area contributed by atoms with E-state index in [1.165, 1.54) is 29.0 Å². The Hall–Kier alpha value is -3.70. The number of ether oxygens (including phenoxy) is 1. The van der Waals surface area contributed by atoms with Crippen LogP contribution >= 0.6 is 0 Å². The lowest BCUT2D eigenvalue weighted by Crippen LogP contribution is -2.33. The molecule has 1 aliphatic rings. The number of carbonyl (C=O) groups is 1. The van der Waals surface area contributed by atoms with E-state index in [0.717, 1.165) is 12.8 Å². The monoisotopic (exact) mass is 477 g/mol. The molecular formula is C22H22F3N5O4. The number of hydrogen-bond donors (Lipinski definition) is 2. The van der Waals surface area contributed by atoms with Gasteiger partial charge in [-0.25, -0.2) is 14.8 Å². The fourth-order valence-electron chi connectivity index (χ4n) is 3.60. The first-order chi connectivity index (χ1) is 16.2. The summed E-state index contributed by atoms with van der Waals surface area (Å²) in [6.07, 6.45) is -0.878.